The van der Waals surface area contributed by atoms with Gasteiger partial charge in [-0.05, 0) is 42.0 Å². The first-order valence-corrected chi connectivity index (χ1v) is 7.30. The number of halogens is 2. The SMILES string of the molecule is CSCCC(CCl)c1cccc(Br)c1. The summed E-state index contributed by atoms with van der Waals surface area (Å²) in [5.74, 6) is 2.36. The quantitative estimate of drug-likeness (QED) is 0.719. The number of rotatable bonds is 5. The molecule has 1 aromatic carbocycles. The average Bonchev–Trinajstić information content (AvgIpc) is 2.19. The van der Waals surface area contributed by atoms with E-state index in [1.54, 1.807) is 0 Å². The van der Waals surface area contributed by atoms with E-state index in [0.29, 0.717) is 11.8 Å². The molecule has 1 unspecified atom stereocenters. The van der Waals surface area contributed by atoms with Crippen LogP contribution in [0, 0.1) is 0 Å². The van der Waals surface area contributed by atoms with E-state index in [2.05, 4.69) is 40.4 Å². The molecule has 1 atom stereocenters. The number of thioether (sulfide) groups is 1. The Bertz CT molecular complexity index is 278. The van der Waals surface area contributed by atoms with Crippen LogP contribution in [0.5, 0.6) is 0 Å². The zero-order chi connectivity index (χ0) is 10.4. The fourth-order valence-electron chi connectivity index (χ4n) is 1.35. The van der Waals surface area contributed by atoms with Gasteiger partial charge in [0.1, 0.15) is 0 Å². The fourth-order valence-corrected chi connectivity index (χ4v) is 2.62. The summed E-state index contributed by atoms with van der Waals surface area (Å²) in [4.78, 5) is 0. The number of hydrogen-bond donors (Lipinski definition) is 0. The normalized spacial score (nSPS) is 12.8. The number of benzene rings is 1. The zero-order valence-electron chi connectivity index (χ0n) is 8.17. The lowest BCUT2D eigenvalue weighted by atomic mass is 9.99. The summed E-state index contributed by atoms with van der Waals surface area (Å²) in [7, 11) is 0. The van der Waals surface area contributed by atoms with E-state index >= 15 is 0 Å². The largest absolute Gasteiger partial charge is 0.165 e. The molecule has 0 aromatic heterocycles. The maximum atomic E-state index is 5.97. The van der Waals surface area contributed by atoms with E-state index in [9.17, 15) is 0 Å². The summed E-state index contributed by atoms with van der Waals surface area (Å²) < 4.78 is 1.13. The topological polar surface area (TPSA) is 0 Å². The Morgan fingerprint density at radius 1 is 1.50 bits per heavy atom. The Morgan fingerprint density at radius 3 is 2.86 bits per heavy atom. The Kier molecular flexibility index (Phi) is 5.99. The van der Waals surface area contributed by atoms with Crippen LogP contribution in [0.3, 0.4) is 0 Å². The highest BCUT2D eigenvalue weighted by Gasteiger charge is 2.09. The lowest BCUT2D eigenvalue weighted by Crippen LogP contribution is -2.01. The van der Waals surface area contributed by atoms with Crippen LogP contribution in [0.15, 0.2) is 28.7 Å². The second kappa shape index (κ2) is 6.76. The molecule has 0 heterocycles. The highest BCUT2D eigenvalue weighted by molar-refractivity contribution is 9.10. The molecule has 0 N–H and O–H groups in total. The first kappa shape index (κ1) is 12.4. The van der Waals surface area contributed by atoms with E-state index < -0.39 is 0 Å². The van der Waals surface area contributed by atoms with Crippen molar-refractivity contribution in [3.05, 3.63) is 34.3 Å². The van der Waals surface area contributed by atoms with Crippen molar-refractivity contribution in [1.29, 1.82) is 0 Å². The van der Waals surface area contributed by atoms with Crippen molar-refractivity contribution in [1.82, 2.24) is 0 Å². The predicted octanol–water partition coefficient (Wildman–Crippen LogP) is 4.52. The molecule has 0 amide bonds. The van der Waals surface area contributed by atoms with Crippen molar-refractivity contribution in [2.75, 3.05) is 17.9 Å². The molecular formula is C11H14BrClS. The molecule has 0 spiro atoms. The lowest BCUT2D eigenvalue weighted by Gasteiger charge is -2.13. The van der Waals surface area contributed by atoms with Gasteiger partial charge in [-0.3, -0.25) is 0 Å². The van der Waals surface area contributed by atoms with Crippen LogP contribution in [-0.4, -0.2) is 17.9 Å². The minimum absolute atomic E-state index is 0.488. The third kappa shape index (κ3) is 3.84. The van der Waals surface area contributed by atoms with Crippen LogP contribution >= 0.6 is 39.3 Å². The smallest absolute Gasteiger partial charge is 0.0292 e. The molecule has 0 fully saturated rings. The van der Waals surface area contributed by atoms with Crippen LogP contribution in [0.4, 0.5) is 0 Å². The van der Waals surface area contributed by atoms with Gasteiger partial charge in [0.2, 0.25) is 0 Å². The van der Waals surface area contributed by atoms with E-state index in [-0.39, 0.29) is 0 Å². The standard InChI is InChI=1S/C11H14BrClS/c1-14-6-5-10(8-13)9-3-2-4-11(12)7-9/h2-4,7,10H,5-6,8H2,1H3. The van der Waals surface area contributed by atoms with Crippen LogP contribution in [-0.2, 0) is 0 Å². The van der Waals surface area contributed by atoms with Crippen LogP contribution in [0.25, 0.3) is 0 Å². The van der Waals surface area contributed by atoms with Gasteiger partial charge in [-0.1, -0.05) is 28.1 Å². The Morgan fingerprint density at radius 2 is 2.29 bits per heavy atom. The van der Waals surface area contributed by atoms with Crippen LogP contribution < -0.4 is 0 Å². The zero-order valence-corrected chi connectivity index (χ0v) is 11.3. The molecule has 0 bridgehead atoms. The van der Waals surface area contributed by atoms with E-state index in [1.165, 1.54) is 11.3 Å². The first-order valence-electron chi connectivity index (χ1n) is 4.58. The lowest BCUT2D eigenvalue weighted by molar-refractivity contribution is 0.748. The second-order valence-corrected chi connectivity index (χ2v) is 5.40. The summed E-state index contributed by atoms with van der Waals surface area (Å²) >= 11 is 11.3. The van der Waals surface area contributed by atoms with Gasteiger partial charge in [-0.2, -0.15) is 11.8 Å². The molecule has 0 aliphatic heterocycles. The van der Waals surface area contributed by atoms with Crippen molar-refractivity contribution >= 4 is 39.3 Å². The van der Waals surface area contributed by atoms with E-state index in [4.69, 9.17) is 11.6 Å². The molecule has 14 heavy (non-hydrogen) atoms. The van der Waals surface area contributed by atoms with Gasteiger partial charge >= 0.3 is 0 Å². The molecule has 78 valence electrons. The highest BCUT2D eigenvalue weighted by atomic mass is 79.9. The summed E-state index contributed by atoms with van der Waals surface area (Å²) in [6.07, 6.45) is 3.29. The number of hydrogen-bond acceptors (Lipinski definition) is 1. The first-order chi connectivity index (χ1) is 6.77. The maximum absolute atomic E-state index is 5.97. The number of alkyl halides is 1. The monoisotopic (exact) mass is 292 g/mol. The van der Waals surface area contributed by atoms with Crippen molar-refractivity contribution in [3.63, 3.8) is 0 Å². The van der Waals surface area contributed by atoms with Crippen LogP contribution in [0.2, 0.25) is 0 Å². The van der Waals surface area contributed by atoms with Crippen molar-refractivity contribution in [2.24, 2.45) is 0 Å². The molecular weight excluding hydrogens is 280 g/mol. The molecule has 0 aliphatic carbocycles. The van der Waals surface area contributed by atoms with Gasteiger partial charge in [0, 0.05) is 10.4 Å². The Hall–Kier alpha value is 0.340. The molecule has 3 heteroatoms. The minimum atomic E-state index is 0.488. The molecule has 1 rings (SSSR count). The van der Waals surface area contributed by atoms with Crippen LogP contribution in [0.1, 0.15) is 17.9 Å². The van der Waals surface area contributed by atoms with E-state index in [0.717, 1.165) is 10.9 Å². The fraction of sp³-hybridized carbons (Fsp3) is 0.455. The van der Waals surface area contributed by atoms with Crippen molar-refractivity contribution in [3.8, 4) is 0 Å². The summed E-state index contributed by atoms with van der Waals surface area (Å²) in [6.45, 7) is 0. The van der Waals surface area contributed by atoms with Gasteiger partial charge < -0.3 is 0 Å². The van der Waals surface area contributed by atoms with Crippen molar-refractivity contribution in [2.45, 2.75) is 12.3 Å². The summed E-state index contributed by atoms with van der Waals surface area (Å²) in [5, 5.41) is 0. The summed E-state index contributed by atoms with van der Waals surface area (Å²) in [6, 6.07) is 8.42. The second-order valence-electron chi connectivity index (χ2n) is 3.19. The third-order valence-corrected chi connectivity index (χ3v) is 3.69. The molecule has 0 saturated heterocycles. The summed E-state index contributed by atoms with van der Waals surface area (Å²) in [5.41, 5.74) is 1.34. The predicted molar refractivity (Wildman–Crippen MR) is 70.6 cm³/mol. The molecule has 0 aliphatic rings. The van der Waals surface area contributed by atoms with Gasteiger partial charge in [-0.15, -0.1) is 11.6 Å². The Balaban J connectivity index is 2.68. The average molecular weight is 294 g/mol. The highest BCUT2D eigenvalue weighted by Crippen LogP contribution is 2.25. The van der Waals surface area contributed by atoms with Gasteiger partial charge in [0.05, 0.1) is 0 Å². The van der Waals surface area contributed by atoms with Gasteiger partial charge in [0.15, 0.2) is 0 Å². The molecule has 1 aromatic rings. The maximum Gasteiger partial charge on any atom is 0.0292 e. The Labute approximate surface area is 104 Å². The molecule has 0 radical (unpaired) electrons. The molecule has 0 saturated carbocycles. The minimum Gasteiger partial charge on any atom is -0.165 e. The third-order valence-electron chi connectivity index (χ3n) is 2.18. The van der Waals surface area contributed by atoms with Gasteiger partial charge in [-0.25, -0.2) is 0 Å². The molecule has 0 nitrogen and oxygen atoms in total. The van der Waals surface area contributed by atoms with Gasteiger partial charge in [0.25, 0.3) is 0 Å². The van der Waals surface area contributed by atoms with Crippen molar-refractivity contribution < 1.29 is 0 Å². The van der Waals surface area contributed by atoms with E-state index in [1.807, 2.05) is 17.8 Å².